The Morgan fingerprint density at radius 1 is 1.21 bits per heavy atom. The molecule has 0 radical (unpaired) electrons. The highest BCUT2D eigenvalue weighted by molar-refractivity contribution is 9.10. The van der Waals surface area contributed by atoms with Gasteiger partial charge in [0.15, 0.2) is 11.5 Å². The molecule has 3 aromatic rings. The van der Waals surface area contributed by atoms with E-state index in [0.29, 0.717) is 28.8 Å². The van der Waals surface area contributed by atoms with Gasteiger partial charge in [-0.15, -0.1) is 0 Å². The van der Waals surface area contributed by atoms with Crippen LogP contribution in [0.4, 0.5) is 5.69 Å². The SMILES string of the molecule is COc1cc([C@@H]2Nc3c(Cl)ccc(C(=O)O)c3[C@H]3C=CC[C@@H]32)cc(Br)c1OCc1ccccc1. The summed E-state index contributed by atoms with van der Waals surface area (Å²) < 4.78 is 12.6. The molecule has 0 fully saturated rings. The van der Waals surface area contributed by atoms with Crippen molar-refractivity contribution in [1.29, 1.82) is 0 Å². The highest BCUT2D eigenvalue weighted by atomic mass is 79.9. The Morgan fingerprint density at radius 2 is 2.00 bits per heavy atom. The number of carbonyl (C=O) groups is 1. The lowest BCUT2D eigenvalue weighted by molar-refractivity contribution is 0.0695. The van der Waals surface area contributed by atoms with Crippen LogP contribution in [0.3, 0.4) is 0 Å². The number of anilines is 1. The lowest BCUT2D eigenvalue weighted by Gasteiger charge is -2.38. The second-order valence-electron chi connectivity index (χ2n) is 8.47. The second kappa shape index (κ2) is 9.35. The molecule has 0 bridgehead atoms. The van der Waals surface area contributed by atoms with Crippen molar-refractivity contribution in [2.24, 2.45) is 5.92 Å². The van der Waals surface area contributed by atoms with Crippen molar-refractivity contribution in [3.63, 3.8) is 0 Å². The molecule has 174 valence electrons. The number of aromatic carboxylic acids is 1. The number of halogens is 2. The van der Waals surface area contributed by atoms with Crippen molar-refractivity contribution in [3.05, 3.63) is 98.5 Å². The van der Waals surface area contributed by atoms with E-state index in [1.807, 2.05) is 42.5 Å². The largest absolute Gasteiger partial charge is 0.493 e. The number of hydrogen-bond donors (Lipinski definition) is 2. The summed E-state index contributed by atoms with van der Waals surface area (Å²) in [5.41, 5.74) is 3.80. The number of nitrogens with one attached hydrogen (secondary N) is 1. The number of ether oxygens (including phenoxy) is 2. The fourth-order valence-electron chi connectivity index (χ4n) is 4.98. The number of allylic oxidation sites excluding steroid dienone is 2. The van der Waals surface area contributed by atoms with Gasteiger partial charge in [0.1, 0.15) is 6.61 Å². The standard InChI is InChI=1S/C27H23BrClNO4/c1-33-22-13-16(12-20(28)26(22)34-14-15-6-3-2-4-7-15)24-18-9-5-8-17(18)23-19(27(31)32)10-11-21(29)25(23)30-24/h2-8,10-13,17-18,24,30H,9,14H2,1H3,(H,31,32)/t17-,18-,24-/m0/s1. The number of carboxylic acid groups (broad SMARTS) is 1. The molecule has 0 saturated heterocycles. The molecular formula is C27H23BrClNO4. The molecule has 5 nitrogen and oxygen atoms in total. The van der Waals surface area contributed by atoms with Gasteiger partial charge in [0, 0.05) is 5.92 Å². The van der Waals surface area contributed by atoms with Crippen LogP contribution in [0.25, 0.3) is 0 Å². The van der Waals surface area contributed by atoms with Crippen LogP contribution in [-0.2, 0) is 6.61 Å². The smallest absolute Gasteiger partial charge is 0.336 e. The molecule has 3 aromatic carbocycles. The monoisotopic (exact) mass is 539 g/mol. The molecule has 34 heavy (non-hydrogen) atoms. The predicted molar refractivity (Wildman–Crippen MR) is 136 cm³/mol. The first-order valence-electron chi connectivity index (χ1n) is 11.0. The fraction of sp³-hybridized carbons (Fsp3) is 0.222. The summed E-state index contributed by atoms with van der Waals surface area (Å²) in [6.07, 6.45) is 5.05. The Morgan fingerprint density at radius 3 is 2.74 bits per heavy atom. The van der Waals surface area contributed by atoms with Gasteiger partial charge in [-0.25, -0.2) is 4.79 Å². The summed E-state index contributed by atoms with van der Waals surface area (Å²) in [4.78, 5) is 11.9. The van der Waals surface area contributed by atoms with Crippen molar-refractivity contribution >= 4 is 39.2 Å². The summed E-state index contributed by atoms with van der Waals surface area (Å²) in [7, 11) is 1.63. The van der Waals surface area contributed by atoms with Crippen LogP contribution in [0, 0.1) is 5.92 Å². The van der Waals surface area contributed by atoms with Crippen LogP contribution in [0.2, 0.25) is 5.02 Å². The summed E-state index contributed by atoms with van der Waals surface area (Å²) in [5, 5.41) is 13.8. The van der Waals surface area contributed by atoms with Crippen molar-refractivity contribution in [1.82, 2.24) is 0 Å². The van der Waals surface area contributed by atoms with Crippen LogP contribution < -0.4 is 14.8 Å². The van der Waals surface area contributed by atoms with Gasteiger partial charge in [-0.3, -0.25) is 0 Å². The predicted octanol–water partition coefficient (Wildman–Crippen LogP) is 7.21. The normalized spacial score (nSPS) is 20.3. The first-order chi connectivity index (χ1) is 16.5. The van der Waals surface area contributed by atoms with E-state index in [-0.39, 0.29) is 23.4 Å². The van der Waals surface area contributed by atoms with E-state index in [0.717, 1.165) is 27.6 Å². The molecule has 1 aliphatic carbocycles. The van der Waals surface area contributed by atoms with Gasteiger partial charge in [0.05, 0.1) is 33.9 Å². The Labute approximate surface area is 211 Å². The number of fused-ring (bicyclic) bond motifs is 3. The van der Waals surface area contributed by atoms with E-state index in [9.17, 15) is 9.90 Å². The zero-order chi connectivity index (χ0) is 23.8. The van der Waals surface area contributed by atoms with Crippen LogP contribution in [-0.4, -0.2) is 18.2 Å². The molecule has 7 heteroatoms. The number of benzene rings is 3. The van der Waals surface area contributed by atoms with Crippen LogP contribution in [0.5, 0.6) is 11.5 Å². The first kappa shape index (κ1) is 22.8. The summed E-state index contributed by atoms with van der Waals surface area (Å²) in [6, 6.07) is 17.1. The Hall–Kier alpha value is -2.96. The third-order valence-electron chi connectivity index (χ3n) is 6.54. The summed E-state index contributed by atoms with van der Waals surface area (Å²) in [5.74, 6) is 0.428. The molecule has 2 N–H and O–H groups in total. The van der Waals surface area contributed by atoms with Crippen LogP contribution in [0.1, 0.15) is 45.4 Å². The molecule has 5 rings (SSSR count). The topological polar surface area (TPSA) is 67.8 Å². The second-order valence-corrected chi connectivity index (χ2v) is 9.73. The molecule has 0 saturated carbocycles. The molecule has 1 heterocycles. The Bertz CT molecular complexity index is 1280. The lowest BCUT2D eigenvalue weighted by Crippen LogP contribution is -2.30. The van der Waals surface area contributed by atoms with Crippen LogP contribution in [0.15, 0.2) is 71.2 Å². The number of carboxylic acids is 1. The molecule has 0 aromatic heterocycles. The third kappa shape index (κ3) is 4.05. The maximum absolute atomic E-state index is 11.9. The van der Waals surface area contributed by atoms with Crippen molar-refractivity contribution < 1.29 is 19.4 Å². The average molecular weight is 541 g/mol. The number of hydrogen-bond acceptors (Lipinski definition) is 4. The minimum atomic E-state index is -0.948. The van der Waals surface area contributed by atoms with Gasteiger partial charge in [-0.1, -0.05) is 54.1 Å². The minimum Gasteiger partial charge on any atom is -0.493 e. The molecule has 1 aliphatic heterocycles. The Kier molecular flexibility index (Phi) is 6.28. The quantitative estimate of drug-likeness (QED) is 0.323. The maximum Gasteiger partial charge on any atom is 0.336 e. The zero-order valence-corrected chi connectivity index (χ0v) is 20.8. The van der Waals surface area contributed by atoms with Gasteiger partial charge in [-0.05, 0) is 69.2 Å². The van der Waals surface area contributed by atoms with Crippen molar-refractivity contribution in [2.75, 3.05) is 12.4 Å². The molecule has 0 spiro atoms. The highest BCUT2D eigenvalue weighted by Crippen LogP contribution is 2.53. The van der Waals surface area contributed by atoms with Gasteiger partial charge < -0.3 is 19.9 Å². The van der Waals surface area contributed by atoms with E-state index >= 15 is 0 Å². The van der Waals surface area contributed by atoms with Crippen LogP contribution >= 0.6 is 27.5 Å². The van der Waals surface area contributed by atoms with Crippen molar-refractivity contribution in [2.45, 2.75) is 25.0 Å². The van der Waals surface area contributed by atoms with Crippen molar-refractivity contribution in [3.8, 4) is 11.5 Å². The highest BCUT2D eigenvalue weighted by Gasteiger charge is 2.41. The molecular weight excluding hydrogens is 518 g/mol. The van der Waals surface area contributed by atoms with E-state index in [1.54, 1.807) is 19.2 Å². The molecule has 3 atom stereocenters. The first-order valence-corrected chi connectivity index (χ1v) is 12.2. The number of rotatable bonds is 6. The van der Waals surface area contributed by atoms with E-state index in [4.69, 9.17) is 21.1 Å². The average Bonchev–Trinajstić information content (AvgIpc) is 3.33. The van der Waals surface area contributed by atoms with Gasteiger partial charge in [0.2, 0.25) is 0 Å². The molecule has 0 amide bonds. The van der Waals surface area contributed by atoms with Gasteiger partial charge in [-0.2, -0.15) is 0 Å². The Balaban J connectivity index is 1.51. The zero-order valence-electron chi connectivity index (χ0n) is 18.4. The summed E-state index contributed by atoms with van der Waals surface area (Å²) >= 11 is 10.2. The molecule has 0 unspecified atom stereocenters. The van der Waals surface area contributed by atoms with Gasteiger partial charge in [0.25, 0.3) is 0 Å². The number of methoxy groups -OCH3 is 1. The minimum absolute atomic E-state index is 0.0372. The summed E-state index contributed by atoms with van der Waals surface area (Å²) in [6.45, 7) is 0.423. The lowest BCUT2D eigenvalue weighted by atomic mass is 9.75. The fourth-order valence-corrected chi connectivity index (χ4v) is 5.77. The van der Waals surface area contributed by atoms with E-state index < -0.39 is 5.97 Å². The van der Waals surface area contributed by atoms with E-state index in [1.165, 1.54) is 0 Å². The van der Waals surface area contributed by atoms with E-state index in [2.05, 4.69) is 33.4 Å². The molecule has 2 aliphatic rings. The maximum atomic E-state index is 11.9. The van der Waals surface area contributed by atoms with Gasteiger partial charge >= 0.3 is 5.97 Å². The third-order valence-corrected chi connectivity index (χ3v) is 7.44.